The Labute approximate surface area is 139 Å². The molecule has 1 saturated heterocycles. The Hall–Kier alpha value is -1.96. The smallest absolute Gasteiger partial charge is 0.288 e. The standard InChI is InChI=1S/C15H18ClN5O2/c1-19-6-5-18-15(19)14-9-17-4-7-20(14)10-11-2-3-12(16)13(8-11)21(22)23/h2-3,5-6,8,14,17H,4,7,9-10H2,1H3. The van der Waals surface area contributed by atoms with E-state index < -0.39 is 4.92 Å². The molecule has 7 nitrogen and oxygen atoms in total. The lowest BCUT2D eigenvalue weighted by Gasteiger charge is -2.35. The number of hydrogen-bond donors (Lipinski definition) is 1. The van der Waals surface area contributed by atoms with Crippen molar-refractivity contribution in [3.05, 3.63) is 57.1 Å². The van der Waals surface area contributed by atoms with E-state index in [1.54, 1.807) is 18.3 Å². The molecule has 1 fully saturated rings. The van der Waals surface area contributed by atoms with Crippen molar-refractivity contribution in [2.75, 3.05) is 19.6 Å². The number of aryl methyl sites for hydroxylation is 1. The van der Waals surface area contributed by atoms with Gasteiger partial charge in [0.1, 0.15) is 10.8 Å². The van der Waals surface area contributed by atoms with Crippen LogP contribution in [0, 0.1) is 10.1 Å². The fourth-order valence-electron chi connectivity index (χ4n) is 2.92. The van der Waals surface area contributed by atoms with E-state index in [9.17, 15) is 10.1 Å². The van der Waals surface area contributed by atoms with Gasteiger partial charge in [-0.3, -0.25) is 15.0 Å². The van der Waals surface area contributed by atoms with Crippen molar-refractivity contribution in [2.45, 2.75) is 12.6 Å². The van der Waals surface area contributed by atoms with Crippen LogP contribution in [0.5, 0.6) is 0 Å². The number of aromatic nitrogens is 2. The summed E-state index contributed by atoms with van der Waals surface area (Å²) in [7, 11) is 1.97. The highest BCUT2D eigenvalue weighted by Crippen LogP contribution is 2.28. The average molecular weight is 336 g/mol. The summed E-state index contributed by atoms with van der Waals surface area (Å²) in [6.45, 7) is 3.17. The first kappa shape index (κ1) is 15.9. The van der Waals surface area contributed by atoms with Gasteiger partial charge in [0.15, 0.2) is 0 Å². The number of hydrogen-bond acceptors (Lipinski definition) is 5. The summed E-state index contributed by atoms with van der Waals surface area (Å²) in [5.74, 6) is 0.987. The summed E-state index contributed by atoms with van der Waals surface area (Å²) in [6.07, 6.45) is 3.71. The van der Waals surface area contributed by atoms with Crippen LogP contribution in [-0.2, 0) is 13.6 Å². The summed E-state index contributed by atoms with van der Waals surface area (Å²) in [5, 5.41) is 14.6. The average Bonchev–Trinajstić information content (AvgIpc) is 2.95. The van der Waals surface area contributed by atoms with E-state index in [2.05, 4.69) is 15.2 Å². The largest absolute Gasteiger partial charge is 0.337 e. The van der Waals surface area contributed by atoms with Crippen molar-refractivity contribution in [2.24, 2.45) is 7.05 Å². The number of halogens is 1. The van der Waals surface area contributed by atoms with E-state index in [1.165, 1.54) is 0 Å². The molecule has 1 aliphatic heterocycles. The number of imidazole rings is 1. The van der Waals surface area contributed by atoms with Crippen molar-refractivity contribution in [3.8, 4) is 0 Å². The SMILES string of the molecule is Cn1ccnc1C1CNCCN1Cc1ccc(Cl)c([N+](=O)[O-])c1. The van der Waals surface area contributed by atoms with Crippen molar-refractivity contribution >= 4 is 17.3 Å². The summed E-state index contributed by atoms with van der Waals surface area (Å²) in [6, 6.07) is 5.12. The minimum absolute atomic E-state index is 0.0483. The molecule has 2 heterocycles. The lowest BCUT2D eigenvalue weighted by Crippen LogP contribution is -2.46. The van der Waals surface area contributed by atoms with Gasteiger partial charge >= 0.3 is 0 Å². The van der Waals surface area contributed by atoms with Gasteiger partial charge in [0, 0.05) is 51.7 Å². The van der Waals surface area contributed by atoms with Crippen LogP contribution in [0.4, 0.5) is 5.69 Å². The molecule has 0 amide bonds. The lowest BCUT2D eigenvalue weighted by molar-refractivity contribution is -0.384. The Morgan fingerprint density at radius 3 is 3.04 bits per heavy atom. The van der Waals surface area contributed by atoms with Gasteiger partial charge in [0.25, 0.3) is 5.69 Å². The normalized spacial score (nSPS) is 19.0. The molecular weight excluding hydrogens is 318 g/mol. The van der Waals surface area contributed by atoms with Crippen LogP contribution in [0.1, 0.15) is 17.4 Å². The molecule has 3 rings (SSSR count). The third-order valence-electron chi connectivity index (χ3n) is 4.10. The van der Waals surface area contributed by atoms with Crippen LogP contribution in [-0.4, -0.2) is 39.0 Å². The minimum Gasteiger partial charge on any atom is -0.337 e. The van der Waals surface area contributed by atoms with Crippen LogP contribution in [0.2, 0.25) is 5.02 Å². The number of benzene rings is 1. The van der Waals surface area contributed by atoms with E-state index in [0.29, 0.717) is 6.54 Å². The molecule has 1 unspecified atom stereocenters. The van der Waals surface area contributed by atoms with E-state index in [0.717, 1.165) is 31.0 Å². The molecular formula is C15H18ClN5O2. The number of nitrogens with zero attached hydrogens (tertiary/aromatic N) is 4. The molecule has 0 spiro atoms. The Morgan fingerprint density at radius 2 is 2.35 bits per heavy atom. The van der Waals surface area contributed by atoms with Gasteiger partial charge in [-0.1, -0.05) is 17.7 Å². The van der Waals surface area contributed by atoms with Crippen molar-refractivity contribution in [1.29, 1.82) is 0 Å². The Bertz CT molecular complexity index is 718. The van der Waals surface area contributed by atoms with E-state index in [4.69, 9.17) is 11.6 Å². The molecule has 1 aromatic heterocycles. The predicted molar refractivity (Wildman–Crippen MR) is 87.3 cm³/mol. The van der Waals surface area contributed by atoms with Crippen LogP contribution < -0.4 is 5.32 Å². The van der Waals surface area contributed by atoms with Crippen LogP contribution in [0.3, 0.4) is 0 Å². The molecule has 1 N–H and O–H groups in total. The zero-order valence-electron chi connectivity index (χ0n) is 12.8. The molecule has 2 aromatic rings. The van der Waals surface area contributed by atoms with E-state index in [1.807, 2.05) is 23.9 Å². The number of nitro groups is 1. The summed E-state index contributed by atoms with van der Waals surface area (Å²) < 4.78 is 2.01. The second-order valence-electron chi connectivity index (χ2n) is 5.63. The molecule has 1 aliphatic rings. The molecule has 1 atom stereocenters. The Morgan fingerprint density at radius 1 is 1.52 bits per heavy atom. The first-order valence-electron chi connectivity index (χ1n) is 7.41. The molecule has 0 saturated carbocycles. The molecule has 0 aliphatic carbocycles. The zero-order valence-corrected chi connectivity index (χ0v) is 13.5. The number of nitro benzene ring substituents is 1. The molecule has 0 bridgehead atoms. The van der Waals surface area contributed by atoms with Gasteiger partial charge in [-0.05, 0) is 11.6 Å². The fourth-order valence-corrected chi connectivity index (χ4v) is 3.11. The second kappa shape index (κ2) is 6.66. The monoisotopic (exact) mass is 335 g/mol. The molecule has 0 radical (unpaired) electrons. The topological polar surface area (TPSA) is 76.2 Å². The fraction of sp³-hybridized carbons (Fsp3) is 0.400. The summed E-state index contributed by atoms with van der Waals surface area (Å²) in [4.78, 5) is 17.3. The zero-order chi connectivity index (χ0) is 16.4. The summed E-state index contributed by atoms with van der Waals surface area (Å²) >= 11 is 5.89. The number of piperazine rings is 1. The first-order chi connectivity index (χ1) is 11.1. The van der Waals surface area contributed by atoms with Crippen LogP contribution in [0.25, 0.3) is 0 Å². The highest BCUT2D eigenvalue weighted by atomic mass is 35.5. The lowest BCUT2D eigenvalue weighted by atomic mass is 10.1. The molecule has 122 valence electrons. The third kappa shape index (κ3) is 3.36. The maximum absolute atomic E-state index is 11.0. The summed E-state index contributed by atoms with van der Waals surface area (Å²) in [5.41, 5.74) is 0.829. The highest BCUT2D eigenvalue weighted by Gasteiger charge is 2.27. The second-order valence-corrected chi connectivity index (χ2v) is 6.04. The van der Waals surface area contributed by atoms with E-state index in [-0.39, 0.29) is 16.8 Å². The molecule has 1 aromatic carbocycles. The number of nitrogens with one attached hydrogen (secondary N) is 1. The first-order valence-corrected chi connectivity index (χ1v) is 7.79. The van der Waals surface area contributed by atoms with Gasteiger partial charge < -0.3 is 9.88 Å². The Kier molecular flexibility index (Phi) is 4.61. The minimum atomic E-state index is -0.445. The third-order valence-corrected chi connectivity index (χ3v) is 4.42. The van der Waals surface area contributed by atoms with Crippen LogP contribution in [0.15, 0.2) is 30.6 Å². The van der Waals surface area contributed by atoms with Gasteiger partial charge in [0.05, 0.1) is 11.0 Å². The molecule has 23 heavy (non-hydrogen) atoms. The van der Waals surface area contributed by atoms with Gasteiger partial charge in [-0.25, -0.2) is 4.98 Å². The quantitative estimate of drug-likeness (QED) is 0.684. The van der Waals surface area contributed by atoms with Gasteiger partial charge in [0.2, 0.25) is 0 Å². The van der Waals surface area contributed by atoms with Crippen molar-refractivity contribution < 1.29 is 4.92 Å². The highest BCUT2D eigenvalue weighted by molar-refractivity contribution is 6.32. The number of rotatable bonds is 4. The maximum atomic E-state index is 11.0. The predicted octanol–water partition coefficient (Wildman–Crippen LogP) is 2.13. The van der Waals surface area contributed by atoms with Gasteiger partial charge in [-0.2, -0.15) is 0 Å². The van der Waals surface area contributed by atoms with Crippen molar-refractivity contribution in [1.82, 2.24) is 19.8 Å². The molecule has 8 heteroatoms. The Balaban J connectivity index is 1.84. The van der Waals surface area contributed by atoms with E-state index >= 15 is 0 Å². The van der Waals surface area contributed by atoms with Gasteiger partial charge in [-0.15, -0.1) is 0 Å². The van der Waals surface area contributed by atoms with Crippen LogP contribution >= 0.6 is 11.6 Å². The van der Waals surface area contributed by atoms with Crippen molar-refractivity contribution in [3.63, 3.8) is 0 Å². The maximum Gasteiger partial charge on any atom is 0.288 e.